The summed E-state index contributed by atoms with van der Waals surface area (Å²) in [4.78, 5) is 30.1. The van der Waals surface area contributed by atoms with Crippen LogP contribution in [0.4, 0.5) is 0 Å². The number of hydrogen-bond donors (Lipinski definition) is 4. The van der Waals surface area contributed by atoms with E-state index in [4.69, 9.17) is 21.1 Å². The van der Waals surface area contributed by atoms with Crippen LogP contribution in [0.2, 0.25) is 5.02 Å². The number of carbonyl (C=O) groups is 2. The number of aliphatic carboxylic acids is 1. The molecule has 0 aliphatic carbocycles. The fourth-order valence-electron chi connectivity index (χ4n) is 7.74. The number of likely N-dealkylation sites (tertiary alicyclic amines) is 1. The second-order valence-corrected chi connectivity index (χ2v) is 16.0. The Morgan fingerprint density at radius 2 is 1.66 bits per heavy atom. The maximum atomic E-state index is 11.9. The van der Waals surface area contributed by atoms with Crippen LogP contribution in [0.15, 0.2) is 91.3 Å². The van der Waals surface area contributed by atoms with Gasteiger partial charge in [-0.05, 0) is 83.8 Å². The number of nitriles is 1. The number of carbonyl (C=O) groups excluding carboxylic acids is 1. The normalized spacial score (nSPS) is 15.6. The highest BCUT2D eigenvalue weighted by atomic mass is 35.5. The molecule has 58 heavy (non-hydrogen) atoms. The summed E-state index contributed by atoms with van der Waals surface area (Å²) in [6.45, 7) is 7.99. The van der Waals surface area contributed by atoms with Gasteiger partial charge in [0.15, 0.2) is 0 Å². The number of aliphatic hydroxyl groups excluding tert-OH is 1. The highest BCUT2D eigenvalue weighted by molar-refractivity contribution is 6.32. The van der Waals surface area contributed by atoms with Crippen molar-refractivity contribution in [2.24, 2.45) is 0 Å². The molecule has 5 aromatic rings. The lowest BCUT2D eigenvalue weighted by Gasteiger charge is -2.48. The first-order valence-corrected chi connectivity index (χ1v) is 19.6. The summed E-state index contributed by atoms with van der Waals surface area (Å²) < 4.78 is 12.5. The van der Waals surface area contributed by atoms with E-state index in [1.54, 1.807) is 24.4 Å². The van der Waals surface area contributed by atoms with Gasteiger partial charge in [0.1, 0.15) is 36.3 Å². The predicted octanol–water partition coefficient (Wildman–Crippen LogP) is 7.11. The second kappa shape index (κ2) is 17.0. The average Bonchev–Trinajstić information content (AvgIpc) is 3.61. The summed E-state index contributed by atoms with van der Waals surface area (Å²) >= 11 is 6.77. The molecule has 11 nitrogen and oxygen atoms in total. The number of halogens is 1. The molecule has 1 aromatic heterocycles. The average molecular weight is 800 g/mol. The number of ether oxygens (including phenoxy) is 2. The number of carboxylic acid groups (broad SMARTS) is 1. The van der Waals surface area contributed by atoms with Crippen LogP contribution in [0.5, 0.6) is 11.5 Å². The maximum absolute atomic E-state index is 11.9. The van der Waals surface area contributed by atoms with Crippen LogP contribution in [0.1, 0.15) is 58.7 Å². The SMILES string of the molecule is Cc1c(COc2cc(OCc3cncc(C#N)c3)c(CNC(C)(CO)C(=O)O)cc2Cl)cccc1-c1cccc(-c2ccc(CN3CC4(CCC(=O)N4)C3)cc2)c1C. The van der Waals surface area contributed by atoms with E-state index in [1.165, 1.54) is 24.2 Å². The molecule has 2 aliphatic rings. The highest BCUT2D eigenvalue weighted by Crippen LogP contribution is 2.38. The molecule has 0 saturated carbocycles. The summed E-state index contributed by atoms with van der Waals surface area (Å²) in [5.41, 5.74) is 8.99. The van der Waals surface area contributed by atoms with Crippen molar-refractivity contribution in [3.8, 4) is 39.8 Å². The van der Waals surface area contributed by atoms with Gasteiger partial charge in [-0.15, -0.1) is 0 Å². The number of hydrogen-bond acceptors (Lipinski definition) is 9. The fourth-order valence-corrected chi connectivity index (χ4v) is 7.99. The monoisotopic (exact) mass is 799 g/mol. The van der Waals surface area contributed by atoms with Gasteiger partial charge in [0.25, 0.3) is 0 Å². The number of rotatable bonds is 15. The van der Waals surface area contributed by atoms with Crippen LogP contribution in [0.3, 0.4) is 0 Å². The van der Waals surface area contributed by atoms with Gasteiger partial charge < -0.3 is 25.0 Å². The molecule has 1 spiro atoms. The number of carboxylic acids is 1. The van der Waals surface area contributed by atoms with E-state index in [0.717, 1.165) is 59.4 Å². The van der Waals surface area contributed by atoms with Gasteiger partial charge in [-0.2, -0.15) is 5.26 Å². The van der Waals surface area contributed by atoms with Crippen LogP contribution in [0.25, 0.3) is 22.3 Å². The van der Waals surface area contributed by atoms with Crippen LogP contribution in [-0.4, -0.2) is 62.7 Å². The zero-order chi connectivity index (χ0) is 41.0. The summed E-state index contributed by atoms with van der Waals surface area (Å²) in [6, 6.07) is 28.4. The molecule has 0 radical (unpaired) electrons. The first-order valence-electron chi connectivity index (χ1n) is 19.2. The van der Waals surface area contributed by atoms with Crippen LogP contribution in [0, 0.1) is 25.2 Å². The molecule has 7 rings (SSSR count). The Morgan fingerprint density at radius 3 is 2.34 bits per heavy atom. The fraction of sp³-hybridized carbons (Fsp3) is 0.304. The Morgan fingerprint density at radius 1 is 0.948 bits per heavy atom. The third-order valence-electron chi connectivity index (χ3n) is 11.3. The number of nitrogens with one attached hydrogen (secondary N) is 2. The lowest BCUT2D eigenvalue weighted by atomic mass is 9.87. The van der Waals surface area contributed by atoms with Gasteiger partial charge in [-0.1, -0.05) is 72.3 Å². The Kier molecular flexibility index (Phi) is 11.8. The summed E-state index contributed by atoms with van der Waals surface area (Å²) in [6.07, 6.45) is 4.62. The van der Waals surface area contributed by atoms with Crippen LogP contribution in [-0.2, 0) is 35.9 Å². The molecular formula is C46H46ClN5O6. The van der Waals surface area contributed by atoms with E-state index in [1.807, 2.05) is 12.1 Å². The second-order valence-electron chi connectivity index (χ2n) is 15.5. The number of amides is 1. The molecule has 1 atom stereocenters. The minimum atomic E-state index is -1.59. The molecule has 4 aromatic carbocycles. The van der Waals surface area contributed by atoms with Crippen molar-refractivity contribution in [3.63, 3.8) is 0 Å². The largest absolute Gasteiger partial charge is 0.488 e. The van der Waals surface area contributed by atoms with Crippen molar-refractivity contribution in [1.29, 1.82) is 5.26 Å². The molecule has 0 bridgehead atoms. The molecule has 2 aliphatic heterocycles. The van der Waals surface area contributed by atoms with Crippen LogP contribution < -0.4 is 20.1 Å². The summed E-state index contributed by atoms with van der Waals surface area (Å²) in [5.74, 6) is -0.276. The zero-order valence-electron chi connectivity index (χ0n) is 32.8. The van der Waals surface area contributed by atoms with Crippen molar-refractivity contribution in [2.45, 2.75) is 71.0 Å². The van der Waals surface area contributed by atoms with E-state index in [9.17, 15) is 25.1 Å². The van der Waals surface area contributed by atoms with Gasteiger partial charge in [0.2, 0.25) is 5.91 Å². The quantitative estimate of drug-likeness (QED) is 0.0861. The molecule has 1 amide bonds. The Labute approximate surface area is 343 Å². The van der Waals surface area contributed by atoms with Gasteiger partial charge in [0, 0.05) is 62.2 Å². The molecular weight excluding hydrogens is 754 g/mol. The van der Waals surface area contributed by atoms with Crippen molar-refractivity contribution in [2.75, 3.05) is 19.7 Å². The van der Waals surface area contributed by atoms with E-state index < -0.39 is 18.1 Å². The third kappa shape index (κ3) is 8.71. The van der Waals surface area contributed by atoms with Gasteiger partial charge in [-0.3, -0.25) is 24.8 Å². The van der Waals surface area contributed by atoms with E-state index in [2.05, 4.69) is 89.0 Å². The number of pyridine rings is 1. The van der Waals surface area contributed by atoms with Gasteiger partial charge >= 0.3 is 5.97 Å². The Hall–Kier alpha value is -5.77. The van der Waals surface area contributed by atoms with Crippen molar-refractivity contribution < 1.29 is 29.3 Å². The molecule has 2 saturated heterocycles. The summed E-state index contributed by atoms with van der Waals surface area (Å²) in [7, 11) is 0. The third-order valence-corrected chi connectivity index (χ3v) is 11.6. The molecule has 3 heterocycles. The standard InChI is InChI=1S/C46H46ClN5O6/c1-29-35(25-58-42-18-41(57-24-33-16-32(19-48)20-49-21-33)36(17-40(42)47)22-50-45(3,28-53)44(55)56)6-4-8-38(29)39-9-5-7-37(30(39)2)34-12-10-31(11-13-34)23-52-26-46(27-52)15-14-43(54)51-46/h4-13,16-18,20-21,50,53H,14-15,22-28H2,1-3H3,(H,51,54)(H,55,56). The number of benzene rings is 4. The van der Waals surface area contributed by atoms with E-state index >= 15 is 0 Å². The zero-order valence-corrected chi connectivity index (χ0v) is 33.5. The molecule has 2 fully saturated rings. The summed E-state index contributed by atoms with van der Waals surface area (Å²) in [5, 5.41) is 35.2. The van der Waals surface area contributed by atoms with Gasteiger partial charge in [-0.25, -0.2) is 0 Å². The molecule has 298 valence electrons. The predicted molar refractivity (Wildman–Crippen MR) is 221 cm³/mol. The molecule has 12 heteroatoms. The van der Waals surface area contributed by atoms with E-state index in [0.29, 0.717) is 39.6 Å². The molecule has 4 N–H and O–H groups in total. The van der Waals surface area contributed by atoms with Crippen molar-refractivity contribution >= 4 is 23.5 Å². The Balaban J connectivity index is 1.07. The number of nitrogens with zero attached hydrogens (tertiary/aromatic N) is 3. The van der Waals surface area contributed by atoms with Crippen molar-refractivity contribution in [1.82, 2.24) is 20.5 Å². The lowest BCUT2D eigenvalue weighted by Crippen LogP contribution is -2.66. The van der Waals surface area contributed by atoms with E-state index in [-0.39, 0.29) is 31.2 Å². The number of aliphatic hydroxyl groups is 1. The minimum absolute atomic E-state index is 0.0197. The van der Waals surface area contributed by atoms with Gasteiger partial charge in [0.05, 0.1) is 22.7 Å². The first-order chi connectivity index (χ1) is 27.9. The number of aromatic nitrogens is 1. The highest BCUT2D eigenvalue weighted by Gasteiger charge is 2.47. The smallest absolute Gasteiger partial charge is 0.326 e. The lowest BCUT2D eigenvalue weighted by molar-refractivity contribution is -0.146. The topological polar surface area (TPSA) is 157 Å². The first kappa shape index (κ1) is 40.4. The van der Waals surface area contributed by atoms with Crippen LogP contribution >= 0.6 is 11.6 Å². The Bertz CT molecular complexity index is 2390. The van der Waals surface area contributed by atoms with Crippen molar-refractivity contribution in [3.05, 3.63) is 135 Å². The maximum Gasteiger partial charge on any atom is 0.326 e. The minimum Gasteiger partial charge on any atom is -0.488 e. The molecule has 1 unspecified atom stereocenters.